The lowest BCUT2D eigenvalue weighted by molar-refractivity contribution is 0.112. The number of rotatable bonds is 3. The number of hydrogen-bond acceptors (Lipinski definition) is 2. The van der Waals surface area contributed by atoms with Crippen LogP contribution in [0, 0.1) is 6.92 Å². The largest absolute Gasteiger partial charge is 0.490 e. The van der Waals surface area contributed by atoms with Crippen molar-refractivity contribution in [3.05, 3.63) is 29.3 Å². The fourth-order valence-electron chi connectivity index (χ4n) is 2.24. The third-order valence-corrected chi connectivity index (χ3v) is 3.18. The summed E-state index contributed by atoms with van der Waals surface area (Å²) in [5.74, 6) is 0.928. The van der Waals surface area contributed by atoms with Crippen molar-refractivity contribution in [2.24, 2.45) is 0 Å². The number of carbonyl (C=O) groups excluding carboxylic acids is 1. The summed E-state index contributed by atoms with van der Waals surface area (Å²) in [5, 5.41) is 0. The van der Waals surface area contributed by atoms with Gasteiger partial charge in [-0.15, -0.1) is 0 Å². The monoisotopic (exact) mass is 218 g/mol. The molecule has 0 spiro atoms. The zero-order valence-electron chi connectivity index (χ0n) is 9.74. The number of aldehydes is 1. The molecule has 0 aromatic heterocycles. The molecule has 1 aliphatic rings. The Labute approximate surface area is 96.6 Å². The minimum Gasteiger partial charge on any atom is -0.490 e. The van der Waals surface area contributed by atoms with E-state index in [0.717, 1.165) is 30.4 Å². The lowest BCUT2D eigenvalue weighted by Gasteiger charge is -2.23. The molecule has 0 bridgehead atoms. The van der Waals surface area contributed by atoms with Gasteiger partial charge in [-0.2, -0.15) is 0 Å². The van der Waals surface area contributed by atoms with Crippen LogP contribution in [0.25, 0.3) is 0 Å². The van der Waals surface area contributed by atoms with Crippen LogP contribution in [-0.2, 0) is 0 Å². The van der Waals surface area contributed by atoms with Crippen LogP contribution in [0.2, 0.25) is 0 Å². The van der Waals surface area contributed by atoms with Gasteiger partial charge in [-0.3, -0.25) is 4.79 Å². The maximum Gasteiger partial charge on any atom is 0.150 e. The fraction of sp³-hybridized carbons (Fsp3) is 0.500. The molecule has 1 aliphatic carbocycles. The van der Waals surface area contributed by atoms with E-state index in [2.05, 4.69) is 0 Å². The minimum atomic E-state index is 0.370. The third-order valence-electron chi connectivity index (χ3n) is 3.18. The van der Waals surface area contributed by atoms with Gasteiger partial charge in [0, 0.05) is 5.56 Å². The van der Waals surface area contributed by atoms with E-state index in [0.29, 0.717) is 11.7 Å². The summed E-state index contributed by atoms with van der Waals surface area (Å²) in [4.78, 5) is 10.6. The average Bonchev–Trinajstić information content (AvgIpc) is 2.33. The number of hydrogen-bond donors (Lipinski definition) is 0. The van der Waals surface area contributed by atoms with Crippen LogP contribution in [0.4, 0.5) is 0 Å². The van der Waals surface area contributed by atoms with Gasteiger partial charge in [-0.1, -0.05) is 6.42 Å². The number of carbonyl (C=O) groups is 1. The Balaban J connectivity index is 2.05. The second-order valence-electron chi connectivity index (χ2n) is 4.52. The number of aryl methyl sites for hydroxylation is 1. The lowest BCUT2D eigenvalue weighted by atomic mass is 9.97. The van der Waals surface area contributed by atoms with Crippen LogP contribution in [-0.4, -0.2) is 12.4 Å². The van der Waals surface area contributed by atoms with Gasteiger partial charge in [0.05, 0.1) is 6.10 Å². The molecule has 1 aromatic carbocycles. The smallest absolute Gasteiger partial charge is 0.150 e. The van der Waals surface area contributed by atoms with Crippen molar-refractivity contribution in [1.29, 1.82) is 0 Å². The molecule has 0 N–H and O–H groups in total. The van der Waals surface area contributed by atoms with Crippen molar-refractivity contribution in [2.45, 2.75) is 45.1 Å². The highest BCUT2D eigenvalue weighted by Crippen LogP contribution is 2.26. The summed E-state index contributed by atoms with van der Waals surface area (Å²) in [6, 6.07) is 5.61. The first-order valence-electron chi connectivity index (χ1n) is 6.02. The number of benzene rings is 1. The van der Waals surface area contributed by atoms with Gasteiger partial charge in [-0.05, 0) is 56.4 Å². The van der Waals surface area contributed by atoms with Gasteiger partial charge in [0.2, 0.25) is 0 Å². The molecular weight excluding hydrogens is 200 g/mol. The molecule has 86 valence electrons. The fourth-order valence-corrected chi connectivity index (χ4v) is 2.24. The molecule has 2 nitrogen and oxygen atoms in total. The highest BCUT2D eigenvalue weighted by Gasteiger charge is 2.15. The molecule has 16 heavy (non-hydrogen) atoms. The van der Waals surface area contributed by atoms with Gasteiger partial charge < -0.3 is 4.74 Å². The maximum atomic E-state index is 10.6. The van der Waals surface area contributed by atoms with E-state index >= 15 is 0 Å². The van der Waals surface area contributed by atoms with Gasteiger partial charge in [0.25, 0.3) is 0 Å². The van der Waals surface area contributed by atoms with Crippen LogP contribution in [0.15, 0.2) is 18.2 Å². The van der Waals surface area contributed by atoms with Crippen molar-refractivity contribution < 1.29 is 9.53 Å². The summed E-state index contributed by atoms with van der Waals surface area (Å²) < 4.78 is 5.97. The lowest BCUT2D eigenvalue weighted by Crippen LogP contribution is -2.20. The molecule has 0 atom stereocenters. The van der Waals surface area contributed by atoms with E-state index < -0.39 is 0 Å². The Kier molecular flexibility index (Phi) is 3.60. The molecule has 0 radical (unpaired) electrons. The molecule has 0 unspecified atom stereocenters. The maximum absolute atomic E-state index is 10.6. The van der Waals surface area contributed by atoms with E-state index in [1.54, 1.807) is 0 Å². The minimum absolute atomic E-state index is 0.370. The summed E-state index contributed by atoms with van der Waals surface area (Å²) in [6.45, 7) is 1.99. The number of ether oxygens (including phenoxy) is 1. The van der Waals surface area contributed by atoms with E-state index in [-0.39, 0.29) is 0 Å². The third kappa shape index (κ3) is 2.63. The molecule has 0 amide bonds. The van der Waals surface area contributed by atoms with E-state index in [1.165, 1.54) is 19.3 Å². The second kappa shape index (κ2) is 5.15. The van der Waals surface area contributed by atoms with Crippen molar-refractivity contribution in [1.82, 2.24) is 0 Å². The Hall–Kier alpha value is -1.31. The summed E-state index contributed by atoms with van der Waals surface area (Å²) in [6.07, 6.45) is 7.45. The molecule has 2 rings (SSSR count). The Bertz CT molecular complexity index is 365. The first-order valence-corrected chi connectivity index (χ1v) is 6.02. The summed E-state index contributed by atoms with van der Waals surface area (Å²) >= 11 is 0. The Morgan fingerprint density at radius 2 is 2.00 bits per heavy atom. The average molecular weight is 218 g/mol. The summed E-state index contributed by atoms with van der Waals surface area (Å²) in [7, 11) is 0. The molecule has 0 heterocycles. The molecule has 1 saturated carbocycles. The second-order valence-corrected chi connectivity index (χ2v) is 4.52. The van der Waals surface area contributed by atoms with Gasteiger partial charge in [0.1, 0.15) is 12.0 Å². The normalized spacial score (nSPS) is 17.1. The first kappa shape index (κ1) is 11.2. The molecule has 0 aliphatic heterocycles. The van der Waals surface area contributed by atoms with Crippen LogP contribution in [0.5, 0.6) is 5.75 Å². The Morgan fingerprint density at radius 3 is 2.62 bits per heavy atom. The van der Waals surface area contributed by atoms with E-state index in [9.17, 15) is 4.79 Å². The van der Waals surface area contributed by atoms with Crippen LogP contribution >= 0.6 is 0 Å². The predicted molar refractivity (Wildman–Crippen MR) is 64.1 cm³/mol. The summed E-state index contributed by atoms with van der Waals surface area (Å²) in [5.41, 5.74) is 1.77. The van der Waals surface area contributed by atoms with Crippen LogP contribution in [0.1, 0.15) is 48.0 Å². The van der Waals surface area contributed by atoms with Crippen molar-refractivity contribution in [3.63, 3.8) is 0 Å². The molecule has 1 fully saturated rings. The van der Waals surface area contributed by atoms with Crippen LogP contribution < -0.4 is 4.74 Å². The Morgan fingerprint density at radius 1 is 1.25 bits per heavy atom. The van der Waals surface area contributed by atoms with E-state index in [1.807, 2.05) is 25.1 Å². The molecular formula is C14H18O2. The highest BCUT2D eigenvalue weighted by molar-refractivity contribution is 5.75. The zero-order valence-corrected chi connectivity index (χ0v) is 9.74. The van der Waals surface area contributed by atoms with Crippen LogP contribution in [0.3, 0.4) is 0 Å². The molecule has 0 saturated heterocycles. The standard InChI is InChI=1S/C14H18O2/c1-11-9-12(10-15)7-8-14(11)16-13-5-3-2-4-6-13/h7-10,13H,2-6H2,1H3. The SMILES string of the molecule is Cc1cc(C=O)ccc1OC1CCCCC1. The van der Waals surface area contributed by atoms with Crippen molar-refractivity contribution >= 4 is 6.29 Å². The topological polar surface area (TPSA) is 26.3 Å². The molecule has 1 aromatic rings. The van der Waals surface area contributed by atoms with Gasteiger partial charge >= 0.3 is 0 Å². The first-order chi connectivity index (χ1) is 7.79. The predicted octanol–water partition coefficient (Wildman–Crippen LogP) is 3.52. The van der Waals surface area contributed by atoms with Gasteiger partial charge in [0.15, 0.2) is 0 Å². The molecule has 2 heteroatoms. The highest BCUT2D eigenvalue weighted by atomic mass is 16.5. The van der Waals surface area contributed by atoms with Gasteiger partial charge in [-0.25, -0.2) is 0 Å². The zero-order chi connectivity index (χ0) is 11.4. The quantitative estimate of drug-likeness (QED) is 0.725. The van der Waals surface area contributed by atoms with Crippen molar-refractivity contribution in [2.75, 3.05) is 0 Å². The van der Waals surface area contributed by atoms with Crippen molar-refractivity contribution in [3.8, 4) is 5.75 Å². The van der Waals surface area contributed by atoms with E-state index in [4.69, 9.17) is 4.74 Å².